The maximum Gasteiger partial charge on any atom is 0.254 e. The quantitative estimate of drug-likeness (QED) is 0.448. The van der Waals surface area contributed by atoms with Crippen molar-refractivity contribution in [2.75, 3.05) is 68.4 Å². The number of amides is 1. The van der Waals surface area contributed by atoms with Gasteiger partial charge in [-0.25, -0.2) is 4.98 Å². The van der Waals surface area contributed by atoms with Gasteiger partial charge in [0.05, 0.1) is 16.1 Å². The van der Waals surface area contributed by atoms with E-state index in [1.165, 1.54) is 11.1 Å². The molecular formula is C32H39N7OS. The summed E-state index contributed by atoms with van der Waals surface area (Å²) in [7, 11) is -1.91. The van der Waals surface area contributed by atoms with E-state index >= 15 is 0 Å². The maximum absolute atomic E-state index is 13.7. The first-order valence-electron chi connectivity index (χ1n) is 14.1. The number of benzene rings is 2. The number of nitriles is 1. The summed E-state index contributed by atoms with van der Waals surface area (Å²) in [5, 5.41) is 9.49. The number of carbonyl (C=O) groups excluding carboxylic acids is 1. The first-order valence-corrected chi connectivity index (χ1v) is 16.3. The molecule has 0 bridgehead atoms. The van der Waals surface area contributed by atoms with Gasteiger partial charge in [0.25, 0.3) is 5.91 Å². The van der Waals surface area contributed by atoms with Crippen LogP contribution in [0.25, 0.3) is 0 Å². The molecule has 0 saturated carbocycles. The number of aryl methyl sites for hydroxylation is 2. The van der Waals surface area contributed by atoms with Crippen LogP contribution in [0, 0.1) is 30.0 Å². The molecule has 1 amide bonds. The SMILES string of the molecule is C=S(C)(=N)c1cccnc1N1CCN(C(=O)c2cc(CN3CCN(c4ccccc4C#N)CC3)c(C)cc2C)CC1. The Morgan fingerprint density at radius 2 is 1.66 bits per heavy atom. The molecule has 2 fully saturated rings. The summed E-state index contributed by atoms with van der Waals surface area (Å²) in [5.41, 5.74) is 5.91. The number of nitrogens with one attached hydrogen (secondary N) is 1. The van der Waals surface area contributed by atoms with Gasteiger partial charge in [0.15, 0.2) is 0 Å². The Morgan fingerprint density at radius 3 is 2.34 bits per heavy atom. The maximum atomic E-state index is 13.7. The van der Waals surface area contributed by atoms with Crippen molar-refractivity contribution in [3.8, 4) is 6.07 Å². The lowest BCUT2D eigenvalue weighted by atomic mass is 9.98. The van der Waals surface area contributed by atoms with E-state index in [9.17, 15) is 10.1 Å². The molecular weight excluding hydrogens is 530 g/mol. The van der Waals surface area contributed by atoms with Crippen LogP contribution in [-0.4, -0.2) is 85.2 Å². The Bertz CT molecular complexity index is 1580. The van der Waals surface area contributed by atoms with Gasteiger partial charge in [0.2, 0.25) is 0 Å². The Balaban J connectivity index is 1.24. The zero-order chi connectivity index (χ0) is 29.1. The molecule has 1 atom stereocenters. The lowest BCUT2D eigenvalue weighted by molar-refractivity contribution is 0.0745. The van der Waals surface area contributed by atoms with Crippen molar-refractivity contribution < 1.29 is 4.79 Å². The second-order valence-corrected chi connectivity index (χ2v) is 13.8. The van der Waals surface area contributed by atoms with Crippen molar-refractivity contribution in [1.82, 2.24) is 14.8 Å². The van der Waals surface area contributed by atoms with Crippen LogP contribution >= 0.6 is 0 Å². The Kier molecular flexibility index (Phi) is 8.34. The fraction of sp³-hybridized carbons (Fsp3) is 0.375. The summed E-state index contributed by atoms with van der Waals surface area (Å²) in [5.74, 6) is 4.98. The van der Waals surface area contributed by atoms with E-state index in [0.717, 1.165) is 65.8 Å². The van der Waals surface area contributed by atoms with Crippen molar-refractivity contribution in [2.45, 2.75) is 25.3 Å². The second-order valence-electron chi connectivity index (χ2n) is 11.2. The average Bonchev–Trinajstić information content (AvgIpc) is 2.98. The predicted molar refractivity (Wildman–Crippen MR) is 168 cm³/mol. The number of para-hydroxylation sites is 1. The summed E-state index contributed by atoms with van der Waals surface area (Å²) in [6, 6.07) is 18.2. The highest BCUT2D eigenvalue weighted by atomic mass is 32.2. The summed E-state index contributed by atoms with van der Waals surface area (Å²) in [4.78, 5) is 28.0. The van der Waals surface area contributed by atoms with E-state index in [0.29, 0.717) is 26.2 Å². The summed E-state index contributed by atoms with van der Waals surface area (Å²) in [6.07, 6.45) is 3.63. The molecule has 0 spiro atoms. The molecule has 2 saturated heterocycles. The zero-order valence-electron chi connectivity index (χ0n) is 24.3. The number of pyridine rings is 1. The first kappa shape index (κ1) is 28.7. The average molecular weight is 570 g/mol. The van der Waals surface area contributed by atoms with Gasteiger partial charge in [0.1, 0.15) is 11.9 Å². The lowest BCUT2D eigenvalue weighted by Gasteiger charge is -2.37. The number of hydrogen-bond acceptors (Lipinski definition) is 7. The molecule has 3 aromatic rings. The number of nitrogens with zero attached hydrogens (tertiary/aromatic N) is 6. The number of rotatable bonds is 6. The molecule has 2 aromatic carbocycles. The molecule has 8 nitrogen and oxygen atoms in total. The van der Waals surface area contributed by atoms with Gasteiger partial charge in [-0.2, -0.15) is 5.26 Å². The number of hydrogen-bond donors (Lipinski definition) is 1. The third-order valence-corrected chi connectivity index (χ3v) is 9.44. The highest BCUT2D eigenvalue weighted by molar-refractivity contribution is 8.00. The number of carbonyl (C=O) groups is 1. The minimum Gasteiger partial charge on any atom is -0.368 e. The van der Waals surface area contributed by atoms with E-state index in [2.05, 4.69) is 50.7 Å². The standard InChI is InChI=1S/C32H39N7OS/c1-24-20-25(2)28(21-27(24)23-36-12-14-37(15-13-36)29-9-6-5-8-26(29)22-33)32(40)39-18-16-38(17-19-39)31-30(41(3,4)34)10-7-11-35-31/h5-11,20-21,34H,3,12-19,23H2,1-2,4H3. The van der Waals surface area contributed by atoms with Crippen LogP contribution in [0.1, 0.15) is 32.6 Å². The second kappa shape index (κ2) is 11.9. The van der Waals surface area contributed by atoms with Crippen LogP contribution in [0.2, 0.25) is 0 Å². The fourth-order valence-corrected chi connectivity index (χ4v) is 6.76. The van der Waals surface area contributed by atoms with Crippen LogP contribution in [0.15, 0.2) is 59.6 Å². The van der Waals surface area contributed by atoms with Crippen molar-refractivity contribution in [3.63, 3.8) is 0 Å². The molecule has 3 heterocycles. The first-order chi connectivity index (χ1) is 19.7. The topological polar surface area (TPSA) is 90.6 Å². The molecule has 0 radical (unpaired) electrons. The fourth-order valence-electron chi connectivity index (χ4n) is 5.79. The van der Waals surface area contributed by atoms with E-state index in [1.54, 1.807) is 6.20 Å². The van der Waals surface area contributed by atoms with Crippen LogP contribution in [0.4, 0.5) is 11.5 Å². The predicted octanol–water partition coefficient (Wildman–Crippen LogP) is 4.19. The summed E-state index contributed by atoms with van der Waals surface area (Å²) in [6.45, 7) is 11.1. The monoisotopic (exact) mass is 569 g/mol. The lowest BCUT2D eigenvalue weighted by Crippen LogP contribution is -2.49. The third-order valence-electron chi connectivity index (χ3n) is 8.15. The van der Waals surface area contributed by atoms with Gasteiger partial charge in [-0.3, -0.25) is 14.5 Å². The minimum atomic E-state index is -1.91. The number of anilines is 2. The highest BCUT2D eigenvalue weighted by Gasteiger charge is 2.27. The number of piperazine rings is 2. The molecule has 214 valence electrons. The molecule has 1 unspecified atom stereocenters. The van der Waals surface area contributed by atoms with Crippen molar-refractivity contribution in [1.29, 1.82) is 10.0 Å². The molecule has 0 aliphatic carbocycles. The summed E-state index contributed by atoms with van der Waals surface area (Å²) >= 11 is 0. The van der Waals surface area contributed by atoms with Crippen LogP contribution in [0.3, 0.4) is 0 Å². The van der Waals surface area contributed by atoms with E-state index in [-0.39, 0.29) is 5.91 Å². The van der Waals surface area contributed by atoms with Crippen molar-refractivity contribution in [2.24, 2.45) is 0 Å². The van der Waals surface area contributed by atoms with E-state index < -0.39 is 9.41 Å². The van der Waals surface area contributed by atoms with Crippen LogP contribution in [-0.2, 0) is 16.0 Å². The molecule has 9 heteroatoms. The Hall–Kier alpha value is -3.87. The Labute approximate surface area is 244 Å². The zero-order valence-corrected chi connectivity index (χ0v) is 25.1. The number of aromatic nitrogens is 1. The van der Waals surface area contributed by atoms with Gasteiger partial charge >= 0.3 is 0 Å². The van der Waals surface area contributed by atoms with E-state index in [1.807, 2.05) is 54.5 Å². The molecule has 1 N–H and O–H groups in total. The largest absolute Gasteiger partial charge is 0.368 e. The van der Waals surface area contributed by atoms with E-state index in [4.69, 9.17) is 4.78 Å². The van der Waals surface area contributed by atoms with Gasteiger partial charge in [-0.05, 0) is 67.1 Å². The minimum absolute atomic E-state index is 0.0793. The van der Waals surface area contributed by atoms with Gasteiger partial charge < -0.3 is 14.7 Å². The van der Waals surface area contributed by atoms with Crippen LogP contribution < -0.4 is 9.80 Å². The highest BCUT2D eigenvalue weighted by Crippen LogP contribution is 2.26. The summed E-state index contributed by atoms with van der Waals surface area (Å²) < 4.78 is 8.50. The molecule has 41 heavy (non-hydrogen) atoms. The molecule has 5 rings (SSSR count). The molecule has 1 aromatic heterocycles. The Morgan fingerprint density at radius 1 is 0.976 bits per heavy atom. The van der Waals surface area contributed by atoms with Crippen LogP contribution in [0.5, 0.6) is 0 Å². The van der Waals surface area contributed by atoms with Gasteiger partial charge in [0, 0.05) is 70.7 Å². The van der Waals surface area contributed by atoms with Gasteiger partial charge in [-0.15, -0.1) is 9.41 Å². The molecule has 2 aliphatic heterocycles. The van der Waals surface area contributed by atoms with Crippen molar-refractivity contribution in [3.05, 3.63) is 82.5 Å². The van der Waals surface area contributed by atoms with Crippen molar-refractivity contribution >= 4 is 32.7 Å². The third kappa shape index (κ3) is 6.24. The smallest absolute Gasteiger partial charge is 0.254 e. The molecule has 2 aliphatic rings. The normalized spacial score (nSPS) is 17.7. The van der Waals surface area contributed by atoms with Gasteiger partial charge in [-0.1, -0.05) is 24.1 Å².